The SMILES string of the molecule is N#Cc1cc(N)ccc1NC(=O)C1CCCO1. The summed E-state index contributed by atoms with van der Waals surface area (Å²) in [5.41, 5.74) is 6.90. The molecule has 1 heterocycles. The molecule has 1 fully saturated rings. The first-order valence-electron chi connectivity index (χ1n) is 5.43. The molecule has 0 spiro atoms. The standard InChI is InChI=1S/C12H13N3O2/c13-7-8-6-9(14)3-4-10(8)15-12(16)11-2-1-5-17-11/h3-4,6,11H,1-2,5,14H2,(H,15,16). The van der Waals surface area contributed by atoms with Gasteiger partial charge in [0.25, 0.3) is 5.91 Å². The fraction of sp³-hybridized carbons (Fsp3) is 0.333. The van der Waals surface area contributed by atoms with Crippen LogP contribution in [0.15, 0.2) is 18.2 Å². The molecule has 1 saturated heterocycles. The molecule has 0 saturated carbocycles. The summed E-state index contributed by atoms with van der Waals surface area (Å²) in [4.78, 5) is 11.8. The highest BCUT2D eigenvalue weighted by molar-refractivity contribution is 5.95. The van der Waals surface area contributed by atoms with Crippen molar-refractivity contribution in [2.24, 2.45) is 0 Å². The van der Waals surface area contributed by atoms with Crippen molar-refractivity contribution < 1.29 is 9.53 Å². The Hall–Kier alpha value is -2.06. The van der Waals surface area contributed by atoms with Crippen LogP contribution in [-0.4, -0.2) is 18.6 Å². The predicted octanol–water partition coefficient (Wildman–Crippen LogP) is 1.26. The Morgan fingerprint density at radius 1 is 1.59 bits per heavy atom. The lowest BCUT2D eigenvalue weighted by Gasteiger charge is -2.11. The molecule has 1 aliphatic heterocycles. The second-order valence-corrected chi connectivity index (χ2v) is 3.91. The summed E-state index contributed by atoms with van der Waals surface area (Å²) in [5.74, 6) is -0.205. The normalized spacial score (nSPS) is 18.6. The molecule has 1 unspecified atom stereocenters. The zero-order chi connectivity index (χ0) is 12.3. The second-order valence-electron chi connectivity index (χ2n) is 3.91. The van der Waals surface area contributed by atoms with E-state index in [-0.39, 0.29) is 5.91 Å². The fourth-order valence-electron chi connectivity index (χ4n) is 1.76. The van der Waals surface area contributed by atoms with Crippen LogP contribution in [0.2, 0.25) is 0 Å². The topological polar surface area (TPSA) is 88.1 Å². The molecular weight excluding hydrogens is 218 g/mol. The maximum absolute atomic E-state index is 11.8. The number of hydrogen-bond acceptors (Lipinski definition) is 4. The lowest BCUT2D eigenvalue weighted by Crippen LogP contribution is -2.27. The van der Waals surface area contributed by atoms with Crippen molar-refractivity contribution in [3.8, 4) is 6.07 Å². The van der Waals surface area contributed by atoms with Gasteiger partial charge in [0, 0.05) is 12.3 Å². The number of amides is 1. The van der Waals surface area contributed by atoms with E-state index in [4.69, 9.17) is 15.7 Å². The number of carbonyl (C=O) groups is 1. The average molecular weight is 231 g/mol. The van der Waals surface area contributed by atoms with Gasteiger partial charge in [0.15, 0.2) is 0 Å². The molecule has 88 valence electrons. The Labute approximate surface area is 99.2 Å². The smallest absolute Gasteiger partial charge is 0.253 e. The van der Waals surface area contributed by atoms with Gasteiger partial charge < -0.3 is 15.8 Å². The molecule has 5 nitrogen and oxygen atoms in total. The van der Waals surface area contributed by atoms with Crippen molar-refractivity contribution in [3.63, 3.8) is 0 Å². The Kier molecular flexibility index (Phi) is 3.26. The molecule has 0 aromatic heterocycles. The minimum Gasteiger partial charge on any atom is -0.399 e. The number of benzene rings is 1. The summed E-state index contributed by atoms with van der Waals surface area (Å²) in [5, 5.41) is 11.6. The van der Waals surface area contributed by atoms with Crippen LogP contribution in [0.3, 0.4) is 0 Å². The molecule has 1 aromatic carbocycles. The van der Waals surface area contributed by atoms with Crippen LogP contribution in [0.5, 0.6) is 0 Å². The molecule has 1 aromatic rings. The lowest BCUT2D eigenvalue weighted by molar-refractivity contribution is -0.124. The van der Waals surface area contributed by atoms with Crippen molar-refractivity contribution in [3.05, 3.63) is 23.8 Å². The molecule has 0 bridgehead atoms. The Balaban J connectivity index is 2.13. The van der Waals surface area contributed by atoms with Gasteiger partial charge in [-0.15, -0.1) is 0 Å². The van der Waals surface area contributed by atoms with Crippen molar-refractivity contribution in [1.29, 1.82) is 5.26 Å². The monoisotopic (exact) mass is 231 g/mol. The van der Waals surface area contributed by atoms with Gasteiger partial charge in [0.05, 0.1) is 11.3 Å². The summed E-state index contributed by atoms with van der Waals surface area (Å²) in [7, 11) is 0. The number of nitrogens with one attached hydrogen (secondary N) is 1. The largest absolute Gasteiger partial charge is 0.399 e. The van der Waals surface area contributed by atoms with Gasteiger partial charge in [-0.1, -0.05) is 0 Å². The third-order valence-electron chi connectivity index (χ3n) is 2.64. The zero-order valence-electron chi connectivity index (χ0n) is 9.27. The molecule has 1 atom stereocenters. The first-order chi connectivity index (χ1) is 8.20. The van der Waals surface area contributed by atoms with E-state index in [9.17, 15) is 4.79 Å². The third kappa shape index (κ3) is 2.55. The van der Waals surface area contributed by atoms with E-state index in [1.807, 2.05) is 6.07 Å². The summed E-state index contributed by atoms with van der Waals surface area (Å²) < 4.78 is 5.26. The van der Waals surface area contributed by atoms with E-state index in [1.165, 1.54) is 6.07 Å². The molecule has 1 amide bonds. The van der Waals surface area contributed by atoms with Gasteiger partial charge in [-0.3, -0.25) is 4.79 Å². The summed E-state index contributed by atoms with van der Waals surface area (Å²) in [6, 6.07) is 6.80. The van der Waals surface area contributed by atoms with Crippen LogP contribution in [0.4, 0.5) is 11.4 Å². The first kappa shape index (κ1) is 11.4. The molecule has 2 rings (SSSR count). The Morgan fingerprint density at radius 2 is 2.41 bits per heavy atom. The van der Waals surface area contributed by atoms with Crippen LogP contribution in [0.25, 0.3) is 0 Å². The van der Waals surface area contributed by atoms with E-state index < -0.39 is 6.10 Å². The van der Waals surface area contributed by atoms with E-state index >= 15 is 0 Å². The quantitative estimate of drug-likeness (QED) is 0.750. The number of anilines is 2. The zero-order valence-corrected chi connectivity index (χ0v) is 9.27. The van der Waals surface area contributed by atoms with Crippen LogP contribution in [0.1, 0.15) is 18.4 Å². The number of carbonyl (C=O) groups excluding carboxylic acids is 1. The molecule has 0 aliphatic carbocycles. The minimum atomic E-state index is -0.404. The van der Waals surface area contributed by atoms with Gasteiger partial charge in [-0.05, 0) is 31.0 Å². The highest BCUT2D eigenvalue weighted by atomic mass is 16.5. The van der Waals surface area contributed by atoms with Crippen LogP contribution in [0, 0.1) is 11.3 Å². The average Bonchev–Trinajstić information content (AvgIpc) is 2.85. The number of nitrogens with zero attached hydrogens (tertiary/aromatic N) is 1. The van der Waals surface area contributed by atoms with Gasteiger partial charge >= 0.3 is 0 Å². The predicted molar refractivity (Wildman–Crippen MR) is 63.2 cm³/mol. The van der Waals surface area contributed by atoms with Crippen LogP contribution >= 0.6 is 0 Å². The van der Waals surface area contributed by atoms with Crippen molar-refractivity contribution in [2.45, 2.75) is 18.9 Å². The maximum Gasteiger partial charge on any atom is 0.253 e. The number of nitrogens with two attached hydrogens (primary N) is 1. The number of nitriles is 1. The minimum absolute atomic E-state index is 0.205. The van der Waals surface area contributed by atoms with E-state index in [0.717, 1.165) is 12.8 Å². The van der Waals surface area contributed by atoms with E-state index in [2.05, 4.69) is 5.32 Å². The van der Waals surface area contributed by atoms with Crippen LogP contribution < -0.4 is 11.1 Å². The van der Waals surface area contributed by atoms with Gasteiger partial charge in [0.1, 0.15) is 12.2 Å². The van der Waals surface area contributed by atoms with Crippen LogP contribution in [-0.2, 0) is 9.53 Å². The third-order valence-corrected chi connectivity index (χ3v) is 2.64. The first-order valence-corrected chi connectivity index (χ1v) is 5.43. The summed E-state index contributed by atoms with van der Waals surface area (Å²) in [6.07, 6.45) is 1.22. The molecular formula is C12H13N3O2. The molecule has 3 N–H and O–H groups in total. The Bertz CT molecular complexity index is 473. The van der Waals surface area contributed by atoms with Crippen molar-refractivity contribution in [2.75, 3.05) is 17.7 Å². The number of nitrogen functional groups attached to an aromatic ring is 1. The number of rotatable bonds is 2. The molecule has 17 heavy (non-hydrogen) atoms. The molecule has 5 heteroatoms. The fourth-order valence-corrected chi connectivity index (χ4v) is 1.76. The molecule has 1 aliphatic rings. The lowest BCUT2D eigenvalue weighted by atomic mass is 10.1. The van der Waals surface area contributed by atoms with Crippen molar-refractivity contribution in [1.82, 2.24) is 0 Å². The van der Waals surface area contributed by atoms with Gasteiger partial charge in [-0.25, -0.2) is 0 Å². The van der Waals surface area contributed by atoms with Crippen molar-refractivity contribution >= 4 is 17.3 Å². The Morgan fingerprint density at radius 3 is 3.06 bits per heavy atom. The van der Waals surface area contributed by atoms with Gasteiger partial charge in [-0.2, -0.15) is 5.26 Å². The van der Waals surface area contributed by atoms with Gasteiger partial charge in [0.2, 0.25) is 0 Å². The maximum atomic E-state index is 11.8. The molecule has 0 radical (unpaired) electrons. The second kappa shape index (κ2) is 4.85. The highest BCUT2D eigenvalue weighted by Crippen LogP contribution is 2.20. The number of ether oxygens (including phenoxy) is 1. The van der Waals surface area contributed by atoms with E-state index in [1.54, 1.807) is 12.1 Å². The summed E-state index contributed by atoms with van der Waals surface area (Å²) in [6.45, 7) is 0.616. The number of hydrogen-bond donors (Lipinski definition) is 2. The summed E-state index contributed by atoms with van der Waals surface area (Å²) >= 11 is 0. The highest BCUT2D eigenvalue weighted by Gasteiger charge is 2.24. The van der Waals surface area contributed by atoms with E-state index in [0.29, 0.717) is 23.5 Å².